The fourth-order valence-electron chi connectivity index (χ4n) is 2.35. The van der Waals surface area contributed by atoms with Crippen molar-refractivity contribution < 1.29 is 18.0 Å². The van der Waals surface area contributed by atoms with E-state index in [0.717, 1.165) is 0 Å². The van der Waals surface area contributed by atoms with Gasteiger partial charge in [0.05, 0.1) is 0 Å². The zero-order chi connectivity index (χ0) is 14.8. The second-order valence-corrected chi connectivity index (χ2v) is 4.85. The van der Waals surface area contributed by atoms with Crippen molar-refractivity contribution in [1.29, 1.82) is 0 Å². The molecule has 1 aromatic heterocycles. The summed E-state index contributed by atoms with van der Waals surface area (Å²) in [6.45, 7) is 0.126. The Morgan fingerprint density at radius 1 is 1.45 bits per heavy atom. The summed E-state index contributed by atoms with van der Waals surface area (Å²) in [5, 5.41) is 13.0. The minimum Gasteiger partial charge on any atom is -0.350 e. The van der Waals surface area contributed by atoms with Gasteiger partial charge in [-0.1, -0.05) is 0 Å². The molecule has 1 N–H and O–H groups in total. The Morgan fingerprint density at radius 3 is 2.75 bits per heavy atom. The fraction of sp³-hybridized carbons (Fsp3) is 0.800. The zero-order valence-electron chi connectivity index (χ0n) is 10.8. The molecular weight excluding hydrogens is 277 g/mol. The molecule has 0 aliphatic carbocycles. The van der Waals surface area contributed by atoms with Crippen molar-refractivity contribution in [1.82, 2.24) is 30.4 Å². The van der Waals surface area contributed by atoms with Crippen LogP contribution in [0.2, 0.25) is 0 Å². The molecule has 1 aliphatic rings. The lowest BCUT2D eigenvalue weighted by molar-refractivity contribution is -0.188. The molecule has 0 spiro atoms. The number of hydrogen-bond acceptors (Lipinski definition) is 5. The van der Waals surface area contributed by atoms with Crippen LogP contribution in [0, 0.1) is 0 Å². The number of alkyl halides is 3. The van der Waals surface area contributed by atoms with Gasteiger partial charge in [0.25, 0.3) is 0 Å². The van der Waals surface area contributed by atoms with Crippen LogP contribution in [0.25, 0.3) is 0 Å². The summed E-state index contributed by atoms with van der Waals surface area (Å²) in [7, 11) is 1.41. The zero-order valence-corrected chi connectivity index (χ0v) is 10.8. The van der Waals surface area contributed by atoms with Gasteiger partial charge in [0, 0.05) is 12.6 Å². The van der Waals surface area contributed by atoms with Crippen molar-refractivity contribution in [3.05, 3.63) is 6.33 Å². The third-order valence-electron chi connectivity index (χ3n) is 3.27. The van der Waals surface area contributed by atoms with Gasteiger partial charge in [-0.3, -0.25) is 9.69 Å². The quantitative estimate of drug-likeness (QED) is 0.836. The summed E-state index contributed by atoms with van der Waals surface area (Å²) in [6.07, 6.45) is -2.64. The maximum Gasteiger partial charge on any atom is 0.404 e. The fourth-order valence-corrected chi connectivity index (χ4v) is 2.35. The first-order valence-electron chi connectivity index (χ1n) is 6.13. The van der Waals surface area contributed by atoms with E-state index in [-0.39, 0.29) is 31.5 Å². The number of carbonyl (C=O) groups is 1. The first kappa shape index (κ1) is 14.7. The molecule has 2 heterocycles. The predicted octanol–water partition coefficient (Wildman–Crippen LogP) is -0.186. The molecule has 1 amide bonds. The van der Waals surface area contributed by atoms with Crippen molar-refractivity contribution in [2.24, 2.45) is 0 Å². The van der Waals surface area contributed by atoms with Gasteiger partial charge >= 0.3 is 6.18 Å². The number of amides is 1. The van der Waals surface area contributed by atoms with Crippen molar-refractivity contribution in [2.45, 2.75) is 37.6 Å². The van der Waals surface area contributed by atoms with Crippen molar-refractivity contribution in [3.8, 4) is 0 Å². The number of rotatable bonds is 3. The molecule has 0 radical (unpaired) electrons. The number of aromatic nitrogens is 4. The van der Waals surface area contributed by atoms with E-state index in [9.17, 15) is 18.0 Å². The molecule has 1 fully saturated rings. The molecule has 0 unspecified atom stereocenters. The number of likely N-dealkylation sites (tertiary alicyclic amines) is 1. The van der Waals surface area contributed by atoms with E-state index in [1.54, 1.807) is 0 Å². The van der Waals surface area contributed by atoms with Gasteiger partial charge < -0.3 is 5.32 Å². The maximum absolute atomic E-state index is 12.7. The maximum atomic E-state index is 12.7. The van der Waals surface area contributed by atoms with Gasteiger partial charge in [-0.2, -0.15) is 13.2 Å². The summed E-state index contributed by atoms with van der Waals surface area (Å²) in [4.78, 5) is 12.9. The molecule has 2 atom stereocenters. The summed E-state index contributed by atoms with van der Waals surface area (Å²) >= 11 is 0. The van der Waals surface area contributed by atoms with Crippen LogP contribution in [0.1, 0.15) is 12.8 Å². The summed E-state index contributed by atoms with van der Waals surface area (Å²) < 4.78 is 39.3. The average molecular weight is 292 g/mol. The number of carbonyl (C=O) groups excluding carboxylic acids is 1. The van der Waals surface area contributed by atoms with E-state index in [4.69, 9.17) is 0 Å². The first-order valence-corrected chi connectivity index (χ1v) is 6.13. The highest BCUT2D eigenvalue weighted by atomic mass is 19.4. The van der Waals surface area contributed by atoms with E-state index in [1.165, 1.54) is 23.0 Å². The number of likely N-dealkylation sites (N-methyl/N-ethyl adjacent to an activating group) is 1. The van der Waals surface area contributed by atoms with Crippen LogP contribution in [-0.4, -0.2) is 62.9 Å². The molecule has 20 heavy (non-hydrogen) atoms. The Labute approximate surface area is 113 Å². The predicted molar refractivity (Wildman–Crippen MR) is 61.5 cm³/mol. The van der Waals surface area contributed by atoms with E-state index in [1.807, 2.05) is 0 Å². The number of nitrogens with zero attached hydrogens (tertiary/aromatic N) is 5. The highest BCUT2D eigenvalue weighted by Gasteiger charge is 2.44. The molecule has 1 aliphatic heterocycles. The van der Waals surface area contributed by atoms with Crippen LogP contribution in [0.15, 0.2) is 6.33 Å². The van der Waals surface area contributed by atoms with Crippen LogP contribution in [0.3, 0.4) is 0 Å². The molecule has 1 saturated heterocycles. The molecule has 0 aromatic carbocycles. The number of tetrazole rings is 1. The van der Waals surface area contributed by atoms with Gasteiger partial charge in [0.2, 0.25) is 5.91 Å². The first-order chi connectivity index (χ1) is 9.36. The van der Waals surface area contributed by atoms with Gasteiger partial charge in [0.1, 0.15) is 18.9 Å². The van der Waals surface area contributed by atoms with E-state index in [2.05, 4.69) is 20.8 Å². The van der Waals surface area contributed by atoms with E-state index >= 15 is 0 Å². The minimum atomic E-state index is -4.23. The largest absolute Gasteiger partial charge is 0.404 e. The summed E-state index contributed by atoms with van der Waals surface area (Å²) in [5.74, 6) is -0.318. The SMILES string of the molecule is CN1C[C@H](NC(=O)Cn2cnnn2)CC[C@@H]1C(F)(F)F. The molecule has 2 rings (SSSR count). The minimum absolute atomic E-state index is 0.0180. The van der Waals surface area contributed by atoms with Gasteiger partial charge in [-0.05, 0) is 30.3 Å². The van der Waals surface area contributed by atoms with Crippen LogP contribution >= 0.6 is 0 Å². The molecule has 0 bridgehead atoms. The Bertz CT molecular complexity index is 448. The van der Waals surface area contributed by atoms with Gasteiger partial charge in [-0.25, -0.2) is 4.68 Å². The molecule has 112 valence electrons. The highest BCUT2D eigenvalue weighted by Crippen LogP contribution is 2.30. The lowest BCUT2D eigenvalue weighted by atomic mass is 9.98. The van der Waals surface area contributed by atoms with Crippen LogP contribution in [0.4, 0.5) is 13.2 Å². The van der Waals surface area contributed by atoms with Crippen LogP contribution < -0.4 is 5.32 Å². The summed E-state index contributed by atoms with van der Waals surface area (Å²) in [6, 6.07) is -1.72. The third-order valence-corrected chi connectivity index (χ3v) is 3.27. The molecule has 0 saturated carbocycles. The second kappa shape index (κ2) is 5.73. The van der Waals surface area contributed by atoms with Crippen molar-refractivity contribution in [3.63, 3.8) is 0 Å². The Kier molecular flexibility index (Phi) is 4.21. The van der Waals surface area contributed by atoms with E-state index in [0.29, 0.717) is 6.42 Å². The number of nitrogens with one attached hydrogen (secondary N) is 1. The molecule has 7 nitrogen and oxygen atoms in total. The highest BCUT2D eigenvalue weighted by molar-refractivity contribution is 5.75. The average Bonchev–Trinajstić information content (AvgIpc) is 2.79. The van der Waals surface area contributed by atoms with Gasteiger partial charge in [0.15, 0.2) is 0 Å². The third kappa shape index (κ3) is 3.65. The monoisotopic (exact) mass is 292 g/mol. The van der Waals surface area contributed by atoms with Crippen molar-refractivity contribution in [2.75, 3.05) is 13.6 Å². The molecule has 1 aromatic rings. The molecular formula is C10H15F3N6O. The van der Waals surface area contributed by atoms with Gasteiger partial charge in [-0.15, -0.1) is 5.10 Å². The van der Waals surface area contributed by atoms with E-state index < -0.39 is 12.2 Å². The number of piperidine rings is 1. The lowest BCUT2D eigenvalue weighted by Crippen LogP contribution is -2.55. The number of hydrogen-bond donors (Lipinski definition) is 1. The second-order valence-electron chi connectivity index (χ2n) is 4.85. The Hall–Kier alpha value is -1.71. The summed E-state index contributed by atoms with van der Waals surface area (Å²) in [5.41, 5.74) is 0. The number of halogens is 3. The van der Waals surface area contributed by atoms with Crippen LogP contribution in [-0.2, 0) is 11.3 Å². The standard InChI is InChI=1S/C10H15F3N6O/c1-18-4-7(2-3-8(18)10(11,12)13)15-9(20)5-19-6-14-16-17-19/h6-8H,2-5H2,1H3,(H,15,20)/t7-,8-/m1/s1. The topological polar surface area (TPSA) is 75.9 Å². The van der Waals surface area contributed by atoms with Crippen molar-refractivity contribution >= 4 is 5.91 Å². The molecule has 10 heteroatoms. The van der Waals surface area contributed by atoms with Crippen LogP contribution in [0.5, 0.6) is 0 Å². The smallest absolute Gasteiger partial charge is 0.350 e. The Morgan fingerprint density at radius 2 is 2.20 bits per heavy atom. The Balaban J connectivity index is 1.82. The normalized spacial score (nSPS) is 24.6. The lowest BCUT2D eigenvalue weighted by Gasteiger charge is -2.38.